The number of benzene rings is 2. The van der Waals surface area contributed by atoms with Crippen LogP contribution in [0.3, 0.4) is 0 Å². The van der Waals surface area contributed by atoms with E-state index in [1.54, 1.807) is 54.6 Å². The number of thiazole rings is 1. The number of ketones is 1. The Balaban J connectivity index is 1.69. The van der Waals surface area contributed by atoms with Crippen LogP contribution in [0.2, 0.25) is 0 Å². The van der Waals surface area contributed by atoms with Crippen molar-refractivity contribution in [2.24, 2.45) is 0 Å². The minimum absolute atomic E-state index is 0.105. The summed E-state index contributed by atoms with van der Waals surface area (Å²) in [4.78, 5) is 26.0. The van der Waals surface area contributed by atoms with Crippen LogP contribution in [0.25, 0.3) is 6.08 Å². The molecule has 3 rings (SSSR count). The molecule has 2 aromatic carbocycles. The molecule has 25 heavy (non-hydrogen) atoms. The molecule has 0 spiro atoms. The Hall–Kier alpha value is -3.12. The topological polar surface area (TPSA) is 90.4 Å². The van der Waals surface area contributed by atoms with Crippen LogP contribution in [0.1, 0.15) is 26.4 Å². The predicted octanol–water partition coefficient (Wildman–Crippen LogP) is 3.33. The Kier molecular flexibility index (Phi) is 4.81. The van der Waals surface area contributed by atoms with Gasteiger partial charge in [0.15, 0.2) is 5.78 Å². The van der Waals surface area contributed by atoms with Gasteiger partial charge >= 0.3 is 4.87 Å². The highest BCUT2D eigenvalue weighted by molar-refractivity contribution is 7.09. The number of hydrogen-bond donors (Lipinski definition) is 3. The molecule has 0 saturated carbocycles. The zero-order chi connectivity index (χ0) is 17.8. The van der Waals surface area contributed by atoms with Gasteiger partial charge in [-0.2, -0.15) is 0 Å². The van der Waals surface area contributed by atoms with Crippen molar-refractivity contribution in [2.75, 3.05) is 0 Å². The Morgan fingerprint density at radius 1 is 1.04 bits per heavy atom. The molecular formula is C19H15NO4S. The van der Waals surface area contributed by atoms with Crippen molar-refractivity contribution < 1.29 is 15.0 Å². The maximum Gasteiger partial charge on any atom is 0.307 e. The number of carbonyl (C=O) groups excluding carboxylic acids is 1. The summed E-state index contributed by atoms with van der Waals surface area (Å²) in [5.74, 6) is -0.0571. The van der Waals surface area contributed by atoms with Gasteiger partial charge in [-0.15, -0.1) is 0 Å². The zero-order valence-electron chi connectivity index (χ0n) is 13.1. The molecule has 5 nitrogen and oxygen atoms in total. The molecular weight excluding hydrogens is 338 g/mol. The standard InChI is InChI=1S/C19H15NO4S/c21-15-8-3-12(4-9-15)5-10-16(22)14-6-1-13(2-7-14)11-17-18(23)20-19(24)25-17/h1-10,21,23H,11H2,(H,20,24). The lowest BCUT2D eigenvalue weighted by Gasteiger charge is -2.01. The fraction of sp³-hybridized carbons (Fsp3) is 0.0526. The molecule has 126 valence electrons. The zero-order valence-corrected chi connectivity index (χ0v) is 13.9. The highest BCUT2D eigenvalue weighted by atomic mass is 32.1. The van der Waals surface area contributed by atoms with E-state index in [4.69, 9.17) is 0 Å². The fourth-order valence-corrected chi connectivity index (χ4v) is 3.06. The number of hydrogen-bond acceptors (Lipinski definition) is 5. The average Bonchev–Trinajstić information content (AvgIpc) is 2.92. The summed E-state index contributed by atoms with van der Waals surface area (Å²) < 4.78 is 0. The van der Waals surface area contributed by atoms with Gasteiger partial charge < -0.3 is 10.2 Å². The lowest BCUT2D eigenvalue weighted by atomic mass is 10.0. The van der Waals surface area contributed by atoms with Crippen LogP contribution in [-0.2, 0) is 6.42 Å². The first-order valence-corrected chi connectivity index (χ1v) is 8.34. The van der Waals surface area contributed by atoms with Gasteiger partial charge in [0.1, 0.15) is 5.75 Å². The number of phenolic OH excluding ortho intramolecular Hbond substituents is 1. The van der Waals surface area contributed by atoms with E-state index in [9.17, 15) is 19.8 Å². The molecule has 0 aliphatic carbocycles. The lowest BCUT2D eigenvalue weighted by molar-refractivity contribution is 0.104. The van der Waals surface area contributed by atoms with Crippen molar-refractivity contribution in [3.05, 3.63) is 85.8 Å². The molecule has 0 aliphatic rings. The number of aromatic hydroxyl groups is 2. The summed E-state index contributed by atoms with van der Waals surface area (Å²) in [7, 11) is 0. The normalized spacial score (nSPS) is 11.0. The van der Waals surface area contributed by atoms with Crippen molar-refractivity contribution in [1.82, 2.24) is 4.98 Å². The fourth-order valence-electron chi connectivity index (χ4n) is 2.30. The summed E-state index contributed by atoms with van der Waals surface area (Å²) in [5.41, 5.74) is 2.26. The number of aromatic amines is 1. The molecule has 0 radical (unpaired) electrons. The maximum atomic E-state index is 12.2. The molecule has 0 fully saturated rings. The van der Waals surface area contributed by atoms with Gasteiger partial charge in [0.25, 0.3) is 0 Å². The number of aromatic nitrogens is 1. The van der Waals surface area contributed by atoms with Crippen LogP contribution in [0.5, 0.6) is 11.6 Å². The minimum Gasteiger partial charge on any atom is -0.508 e. The van der Waals surface area contributed by atoms with Crippen LogP contribution in [0.15, 0.2) is 59.4 Å². The molecule has 0 bridgehead atoms. The van der Waals surface area contributed by atoms with Gasteiger partial charge in [0, 0.05) is 12.0 Å². The monoisotopic (exact) mass is 353 g/mol. The van der Waals surface area contributed by atoms with Crippen molar-refractivity contribution in [3.63, 3.8) is 0 Å². The first-order valence-electron chi connectivity index (χ1n) is 7.52. The molecule has 0 unspecified atom stereocenters. The lowest BCUT2D eigenvalue weighted by Crippen LogP contribution is -1.95. The van der Waals surface area contributed by atoms with E-state index in [1.165, 1.54) is 6.08 Å². The molecule has 0 saturated heterocycles. The third-order valence-electron chi connectivity index (χ3n) is 3.62. The number of rotatable bonds is 5. The van der Waals surface area contributed by atoms with Gasteiger partial charge in [-0.3, -0.25) is 14.6 Å². The van der Waals surface area contributed by atoms with Crippen LogP contribution in [-0.4, -0.2) is 21.0 Å². The molecule has 0 amide bonds. The summed E-state index contributed by atoms with van der Waals surface area (Å²) in [6.45, 7) is 0. The summed E-state index contributed by atoms with van der Waals surface area (Å²) in [6.07, 6.45) is 3.59. The number of H-pyrrole nitrogens is 1. The van der Waals surface area contributed by atoms with Gasteiger partial charge in [-0.1, -0.05) is 53.8 Å². The third-order valence-corrected chi connectivity index (χ3v) is 4.50. The van der Waals surface area contributed by atoms with E-state index in [-0.39, 0.29) is 22.3 Å². The van der Waals surface area contributed by atoms with E-state index in [2.05, 4.69) is 4.98 Å². The molecule has 1 heterocycles. The highest BCUT2D eigenvalue weighted by Gasteiger charge is 2.08. The van der Waals surface area contributed by atoms with E-state index >= 15 is 0 Å². The molecule has 3 aromatic rings. The Labute approximate surface area is 147 Å². The number of allylic oxidation sites excluding steroid dienone is 1. The van der Waals surface area contributed by atoms with Gasteiger partial charge in [-0.05, 0) is 29.3 Å². The SMILES string of the molecule is O=C(C=Cc1ccc(O)cc1)c1ccc(Cc2sc(=O)[nH]c2O)cc1. The summed E-state index contributed by atoms with van der Waals surface area (Å²) >= 11 is 0.969. The molecule has 3 N–H and O–H groups in total. The van der Waals surface area contributed by atoms with Crippen molar-refractivity contribution >= 4 is 23.2 Å². The van der Waals surface area contributed by atoms with Gasteiger partial charge in [-0.25, -0.2) is 0 Å². The molecule has 0 aliphatic heterocycles. The predicted molar refractivity (Wildman–Crippen MR) is 97.3 cm³/mol. The highest BCUT2D eigenvalue weighted by Crippen LogP contribution is 2.20. The average molecular weight is 353 g/mol. The van der Waals surface area contributed by atoms with Crippen molar-refractivity contribution in [2.45, 2.75) is 6.42 Å². The van der Waals surface area contributed by atoms with E-state index in [0.29, 0.717) is 16.9 Å². The van der Waals surface area contributed by atoms with Crippen molar-refractivity contribution in [3.8, 4) is 11.6 Å². The summed E-state index contributed by atoms with van der Waals surface area (Å²) in [5, 5.41) is 18.8. The Morgan fingerprint density at radius 2 is 1.72 bits per heavy atom. The smallest absolute Gasteiger partial charge is 0.307 e. The third kappa shape index (κ3) is 4.24. The number of carbonyl (C=O) groups is 1. The second-order valence-corrected chi connectivity index (χ2v) is 6.52. The van der Waals surface area contributed by atoms with Crippen LogP contribution in [0.4, 0.5) is 0 Å². The number of phenols is 1. The summed E-state index contributed by atoms with van der Waals surface area (Å²) in [6, 6.07) is 13.6. The van der Waals surface area contributed by atoms with Gasteiger partial charge in [0.2, 0.25) is 5.88 Å². The number of nitrogens with one attached hydrogen (secondary N) is 1. The Bertz CT molecular complexity index is 966. The Morgan fingerprint density at radius 3 is 2.32 bits per heavy atom. The molecule has 1 aromatic heterocycles. The molecule has 0 atom stereocenters. The second-order valence-electron chi connectivity index (χ2n) is 5.45. The molecule has 6 heteroatoms. The first-order chi connectivity index (χ1) is 12.0. The minimum atomic E-state index is -0.293. The van der Waals surface area contributed by atoms with Crippen molar-refractivity contribution in [1.29, 1.82) is 0 Å². The van der Waals surface area contributed by atoms with Crippen LogP contribution in [0, 0.1) is 0 Å². The first kappa shape index (κ1) is 16.7. The van der Waals surface area contributed by atoms with Crippen LogP contribution >= 0.6 is 11.3 Å². The van der Waals surface area contributed by atoms with E-state index < -0.39 is 0 Å². The second kappa shape index (κ2) is 7.19. The van der Waals surface area contributed by atoms with E-state index in [1.807, 2.05) is 0 Å². The van der Waals surface area contributed by atoms with Gasteiger partial charge in [0.05, 0.1) is 4.88 Å². The van der Waals surface area contributed by atoms with E-state index in [0.717, 1.165) is 22.5 Å². The maximum absolute atomic E-state index is 12.2. The largest absolute Gasteiger partial charge is 0.508 e. The quantitative estimate of drug-likeness (QED) is 0.485. The van der Waals surface area contributed by atoms with Crippen LogP contribution < -0.4 is 4.87 Å².